The lowest BCUT2D eigenvalue weighted by atomic mass is 9.72. The summed E-state index contributed by atoms with van der Waals surface area (Å²) < 4.78 is 50.7. The molecule has 320 valence electrons. The quantitative estimate of drug-likeness (QED) is 0.110. The Hall–Kier alpha value is -5.26. The summed E-state index contributed by atoms with van der Waals surface area (Å²) in [6.07, 6.45) is 0.141. The molecule has 0 amide bonds. The van der Waals surface area contributed by atoms with Gasteiger partial charge in [0.25, 0.3) is 0 Å². The van der Waals surface area contributed by atoms with Gasteiger partial charge in [0.1, 0.15) is 11.5 Å². The smallest absolute Gasteiger partial charge is 0.165 e. The van der Waals surface area contributed by atoms with Gasteiger partial charge in [-0.2, -0.15) is 0 Å². The summed E-state index contributed by atoms with van der Waals surface area (Å²) in [4.78, 5) is 0. The fraction of sp³-hybridized carbons (Fsp3) is 0.357. The van der Waals surface area contributed by atoms with Gasteiger partial charge in [-0.15, -0.1) is 0 Å². The van der Waals surface area contributed by atoms with Crippen molar-refractivity contribution in [3.05, 3.63) is 190 Å². The lowest BCUT2D eigenvalue weighted by molar-refractivity contribution is -0.0753. The molecular formula is C56H64F2O3. The molecule has 6 rings (SSSR count). The van der Waals surface area contributed by atoms with Gasteiger partial charge in [-0.25, -0.2) is 8.78 Å². The van der Waals surface area contributed by atoms with Crippen molar-refractivity contribution in [1.82, 2.24) is 0 Å². The van der Waals surface area contributed by atoms with Gasteiger partial charge in [0, 0.05) is 10.8 Å². The van der Waals surface area contributed by atoms with E-state index in [1.165, 1.54) is 34.4 Å². The number of para-hydroxylation sites is 2. The summed E-state index contributed by atoms with van der Waals surface area (Å²) in [6.45, 7) is 26.8. The Morgan fingerprint density at radius 2 is 0.803 bits per heavy atom. The highest BCUT2D eigenvalue weighted by Gasteiger charge is 2.41. The van der Waals surface area contributed by atoms with Crippen LogP contribution < -0.4 is 9.47 Å². The number of hydrogen-bond acceptors (Lipinski definition) is 3. The molecule has 0 aromatic heterocycles. The zero-order chi connectivity index (χ0) is 44.3. The zero-order valence-corrected chi connectivity index (χ0v) is 38.3. The fourth-order valence-corrected chi connectivity index (χ4v) is 8.49. The predicted molar refractivity (Wildman–Crippen MR) is 248 cm³/mol. The van der Waals surface area contributed by atoms with Gasteiger partial charge in [0.05, 0.1) is 12.2 Å². The predicted octanol–water partition coefficient (Wildman–Crippen LogP) is 15.3. The van der Waals surface area contributed by atoms with Crippen molar-refractivity contribution in [3.63, 3.8) is 0 Å². The second kappa shape index (κ2) is 18.0. The molecule has 6 aromatic rings. The van der Waals surface area contributed by atoms with Crippen molar-refractivity contribution >= 4 is 0 Å². The van der Waals surface area contributed by atoms with Crippen LogP contribution >= 0.6 is 0 Å². The number of halogens is 2. The van der Waals surface area contributed by atoms with Gasteiger partial charge < -0.3 is 14.2 Å². The molecule has 2 atom stereocenters. The first-order valence-electron chi connectivity index (χ1n) is 21.5. The van der Waals surface area contributed by atoms with Crippen molar-refractivity contribution < 1.29 is 23.0 Å². The molecule has 0 saturated heterocycles. The average molecular weight is 823 g/mol. The summed E-state index contributed by atoms with van der Waals surface area (Å²) >= 11 is 0. The molecule has 5 heteroatoms. The normalized spacial score (nSPS) is 13.5. The molecule has 3 nitrogen and oxygen atoms in total. The first-order chi connectivity index (χ1) is 28.6. The van der Waals surface area contributed by atoms with Crippen LogP contribution in [0.1, 0.15) is 114 Å². The third-order valence-electron chi connectivity index (χ3n) is 12.3. The van der Waals surface area contributed by atoms with E-state index in [0.717, 1.165) is 22.3 Å². The molecule has 0 radical (unpaired) electrons. The van der Waals surface area contributed by atoms with Gasteiger partial charge in [0.2, 0.25) is 0 Å². The van der Waals surface area contributed by atoms with E-state index in [4.69, 9.17) is 14.2 Å². The van der Waals surface area contributed by atoms with E-state index in [-0.39, 0.29) is 22.3 Å². The summed E-state index contributed by atoms with van der Waals surface area (Å²) in [7, 11) is 0. The third kappa shape index (κ3) is 10.8. The minimum atomic E-state index is -0.527. The fourth-order valence-electron chi connectivity index (χ4n) is 8.49. The van der Waals surface area contributed by atoms with E-state index in [0.29, 0.717) is 24.3 Å². The minimum absolute atomic E-state index is 0.0139. The molecule has 0 aliphatic heterocycles. The average Bonchev–Trinajstić information content (AvgIpc) is 3.19. The number of aryl methyl sites for hydroxylation is 2. The Morgan fingerprint density at radius 3 is 1.13 bits per heavy atom. The zero-order valence-electron chi connectivity index (χ0n) is 38.3. The first kappa shape index (κ1) is 45.3. The Morgan fingerprint density at radius 1 is 0.443 bits per heavy atom. The monoisotopic (exact) mass is 822 g/mol. The van der Waals surface area contributed by atoms with Gasteiger partial charge in [-0.05, 0) is 131 Å². The van der Waals surface area contributed by atoms with Crippen molar-refractivity contribution in [1.29, 1.82) is 0 Å². The highest BCUT2D eigenvalue weighted by molar-refractivity contribution is 5.43. The number of benzene rings is 6. The Bertz CT molecular complexity index is 2250. The standard InChI is InChI=1S/C56H64F2O3/c1-37-31-41(25-27-45(37)53(3,4)5)55(9,10)51(35-39-23-29-47(57)49(33-39)59-43-19-15-13-16-20-43)61-52(56(11,12)42-26-28-46(38(2)32-42)54(6,7)8)36-40-24-30-48(58)50(34-40)60-44-21-17-14-18-22-44/h13-34,51-52H,35-36H2,1-12H3. The van der Waals surface area contributed by atoms with Crippen molar-refractivity contribution in [2.45, 2.75) is 130 Å². The van der Waals surface area contributed by atoms with E-state index in [1.807, 2.05) is 72.8 Å². The van der Waals surface area contributed by atoms with Crippen LogP contribution in [-0.2, 0) is 39.2 Å². The number of rotatable bonds is 14. The van der Waals surface area contributed by atoms with Crippen molar-refractivity contribution in [3.8, 4) is 23.0 Å². The SMILES string of the molecule is Cc1cc(C(C)(C)C(Cc2ccc(F)c(Oc3ccccc3)c2)OC(Cc2ccc(F)c(Oc3ccccc3)c2)C(C)(C)c2ccc(C(C)(C)C)c(C)c2)ccc1C(C)(C)C. The molecule has 6 aromatic carbocycles. The Kier molecular flexibility index (Phi) is 13.4. The van der Waals surface area contributed by atoms with Crippen LogP contribution in [0.3, 0.4) is 0 Å². The second-order valence-corrected chi connectivity index (χ2v) is 19.9. The molecule has 2 unspecified atom stereocenters. The summed E-state index contributed by atoms with van der Waals surface area (Å²) in [5.74, 6) is 0.575. The first-order valence-corrected chi connectivity index (χ1v) is 21.5. The third-order valence-corrected chi connectivity index (χ3v) is 12.3. The maximum absolute atomic E-state index is 15.4. The van der Waals surface area contributed by atoms with Gasteiger partial charge >= 0.3 is 0 Å². The molecule has 0 heterocycles. The van der Waals surface area contributed by atoms with Crippen molar-refractivity contribution in [2.75, 3.05) is 0 Å². The van der Waals surface area contributed by atoms with Crippen LogP contribution in [0, 0.1) is 25.5 Å². The van der Waals surface area contributed by atoms with Crippen LogP contribution in [-0.4, -0.2) is 12.2 Å². The van der Waals surface area contributed by atoms with E-state index < -0.39 is 34.7 Å². The van der Waals surface area contributed by atoms with Gasteiger partial charge in [-0.3, -0.25) is 0 Å². The number of hydrogen-bond donors (Lipinski definition) is 0. The molecule has 61 heavy (non-hydrogen) atoms. The topological polar surface area (TPSA) is 27.7 Å². The lowest BCUT2D eigenvalue weighted by Gasteiger charge is -2.43. The molecule has 0 fully saturated rings. The Balaban J connectivity index is 1.47. The highest BCUT2D eigenvalue weighted by Crippen LogP contribution is 2.41. The molecule has 0 saturated carbocycles. The van der Waals surface area contributed by atoms with Gasteiger partial charge in [-0.1, -0.05) is 154 Å². The highest BCUT2D eigenvalue weighted by atomic mass is 19.1. The van der Waals surface area contributed by atoms with Crippen LogP contribution in [0.15, 0.2) is 133 Å². The summed E-state index contributed by atoms with van der Waals surface area (Å²) in [5, 5.41) is 0. The van der Waals surface area contributed by atoms with E-state index in [1.54, 1.807) is 12.1 Å². The van der Waals surface area contributed by atoms with E-state index in [9.17, 15) is 0 Å². The molecular weight excluding hydrogens is 759 g/mol. The molecule has 0 N–H and O–H groups in total. The van der Waals surface area contributed by atoms with Crippen LogP contribution in [0.25, 0.3) is 0 Å². The molecule has 0 bridgehead atoms. The van der Waals surface area contributed by atoms with Crippen molar-refractivity contribution in [2.24, 2.45) is 0 Å². The largest absolute Gasteiger partial charge is 0.454 e. The molecule has 0 aliphatic rings. The van der Waals surface area contributed by atoms with Crippen LogP contribution in [0.5, 0.6) is 23.0 Å². The summed E-state index contributed by atoms with van der Waals surface area (Å²) in [5.41, 5.74) is 8.02. The lowest BCUT2D eigenvalue weighted by Crippen LogP contribution is -2.46. The maximum atomic E-state index is 15.4. The van der Waals surface area contributed by atoms with Crippen LogP contribution in [0.4, 0.5) is 8.78 Å². The molecule has 0 aliphatic carbocycles. The second-order valence-electron chi connectivity index (χ2n) is 19.9. The number of ether oxygens (including phenoxy) is 3. The van der Waals surface area contributed by atoms with Gasteiger partial charge in [0.15, 0.2) is 23.1 Å². The maximum Gasteiger partial charge on any atom is 0.165 e. The van der Waals surface area contributed by atoms with E-state index in [2.05, 4.69) is 119 Å². The Labute approximate surface area is 364 Å². The van der Waals surface area contributed by atoms with Crippen LogP contribution in [0.2, 0.25) is 0 Å². The minimum Gasteiger partial charge on any atom is -0.454 e. The molecule has 0 spiro atoms. The summed E-state index contributed by atoms with van der Waals surface area (Å²) in [6, 6.07) is 42.3. The van der Waals surface area contributed by atoms with E-state index >= 15 is 8.78 Å².